The molecule has 1 fully saturated rings. The van der Waals surface area contributed by atoms with Crippen molar-refractivity contribution in [3.8, 4) is 0 Å². The molecule has 7 nitrogen and oxygen atoms in total. The Morgan fingerprint density at radius 2 is 2.08 bits per heavy atom. The second kappa shape index (κ2) is 7.46. The van der Waals surface area contributed by atoms with Gasteiger partial charge in [-0.1, -0.05) is 6.07 Å². The summed E-state index contributed by atoms with van der Waals surface area (Å²) in [5.41, 5.74) is 2.19. The molecule has 1 aliphatic rings. The van der Waals surface area contributed by atoms with Gasteiger partial charge in [0.05, 0.1) is 0 Å². The maximum absolute atomic E-state index is 12.9. The minimum atomic E-state index is -0.0384. The van der Waals surface area contributed by atoms with Crippen molar-refractivity contribution in [3.05, 3.63) is 41.3 Å². The first-order valence-electron chi connectivity index (χ1n) is 8.59. The fraction of sp³-hybridized carbons (Fsp3) is 0.444. The molecule has 2 N–H and O–H groups in total. The number of aromatic nitrogens is 3. The molecule has 0 aromatic carbocycles. The van der Waals surface area contributed by atoms with Crippen LogP contribution in [0.3, 0.4) is 0 Å². The lowest BCUT2D eigenvalue weighted by Crippen LogP contribution is -2.40. The first-order chi connectivity index (χ1) is 12.1. The van der Waals surface area contributed by atoms with E-state index >= 15 is 0 Å². The molecule has 132 valence electrons. The molecule has 3 rings (SSSR count). The summed E-state index contributed by atoms with van der Waals surface area (Å²) in [7, 11) is 1.75. The molecule has 1 amide bonds. The fourth-order valence-corrected chi connectivity index (χ4v) is 3.12. The van der Waals surface area contributed by atoms with Crippen LogP contribution < -0.4 is 10.6 Å². The maximum Gasteiger partial charge on any atom is 0.272 e. The number of carbonyl (C=O) groups excluding carboxylic acids is 1. The van der Waals surface area contributed by atoms with Crippen LogP contribution >= 0.6 is 0 Å². The molecule has 0 radical (unpaired) electrons. The van der Waals surface area contributed by atoms with Crippen molar-refractivity contribution in [1.82, 2.24) is 19.9 Å². The second-order valence-electron chi connectivity index (χ2n) is 6.31. The summed E-state index contributed by atoms with van der Waals surface area (Å²) >= 11 is 0. The van der Waals surface area contributed by atoms with E-state index in [0.29, 0.717) is 18.2 Å². The molecule has 0 bridgehead atoms. The van der Waals surface area contributed by atoms with Gasteiger partial charge in [-0.15, -0.1) is 0 Å². The average Bonchev–Trinajstić information content (AvgIpc) is 3.07. The number of carbonyl (C=O) groups is 1. The van der Waals surface area contributed by atoms with Crippen LogP contribution in [0.25, 0.3) is 0 Å². The Bertz CT molecular complexity index is 763. The van der Waals surface area contributed by atoms with Crippen LogP contribution in [0.1, 0.15) is 34.7 Å². The van der Waals surface area contributed by atoms with Crippen molar-refractivity contribution in [3.63, 3.8) is 0 Å². The lowest BCUT2D eigenvalue weighted by atomic mass is 10.2. The standard InChI is InChI=1S/C18H24N6O/c1-12-6-4-8-16(21-12)20-11-14-7-5-9-24(14)17(25)15-10-13(2)22-18(19-3)23-15/h4,6,8,10,14H,5,7,9,11H2,1-3H3,(H,20,21)(H,19,22,23). The lowest BCUT2D eigenvalue weighted by Gasteiger charge is -2.25. The van der Waals surface area contributed by atoms with Crippen molar-refractivity contribution in [1.29, 1.82) is 0 Å². The predicted molar refractivity (Wildman–Crippen MR) is 97.8 cm³/mol. The normalized spacial score (nSPS) is 16.8. The summed E-state index contributed by atoms with van der Waals surface area (Å²) < 4.78 is 0. The summed E-state index contributed by atoms with van der Waals surface area (Å²) in [6.07, 6.45) is 1.98. The van der Waals surface area contributed by atoms with Crippen LogP contribution in [0.5, 0.6) is 0 Å². The van der Waals surface area contributed by atoms with Gasteiger partial charge in [0, 0.05) is 37.6 Å². The molecule has 25 heavy (non-hydrogen) atoms. The Labute approximate surface area is 147 Å². The molecule has 0 aliphatic carbocycles. The number of likely N-dealkylation sites (tertiary alicyclic amines) is 1. The molecule has 0 spiro atoms. The van der Waals surface area contributed by atoms with Crippen LogP contribution in [0.15, 0.2) is 24.3 Å². The fourth-order valence-electron chi connectivity index (χ4n) is 3.12. The Morgan fingerprint density at radius 1 is 1.24 bits per heavy atom. The quantitative estimate of drug-likeness (QED) is 0.869. The smallest absolute Gasteiger partial charge is 0.272 e. The lowest BCUT2D eigenvalue weighted by molar-refractivity contribution is 0.0737. The van der Waals surface area contributed by atoms with Gasteiger partial charge in [-0.3, -0.25) is 4.79 Å². The van der Waals surface area contributed by atoms with Crippen LogP contribution in [-0.2, 0) is 0 Å². The summed E-state index contributed by atoms with van der Waals surface area (Å²) in [6, 6.07) is 7.77. The first kappa shape index (κ1) is 17.1. The number of rotatable bonds is 5. The van der Waals surface area contributed by atoms with E-state index in [1.165, 1.54) is 0 Å². The highest BCUT2D eigenvalue weighted by atomic mass is 16.2. The van der Waals surface area contributed by atoms with Gasteiger partial charge < -0.3 is 15.5 Å². The molecular formula is C18H24N6O. The average molecular weight is 340 g/mol. The number of anilines is 2. The zero-order valence-electron chi connectivity index (χ0n) is 14.9. The van der Waals surface area contributed by atoms with Gasteiger partial charge in [0.25, 0.3) is 5.91 Å². The molecule has 2 aromatic rings. The van der Waals surface area contributed by atoms with Crippen molar-refractivity contribution in [2.24, 2.45) is 0 Å². The molecule has 7 heteroatoms. The summed E-state index contributed by atoms with van der Waals surface area (Å²) in [5, 5.41) is 6.25. The number of amides is 1. The van der Waals surface area contributed by atoms with Crippen molar-refractivity contribution < 1.29 is 4.79 Å². The molecule has 0 saturated carbocycles. The first-order valence-corrected chi connectivity index (χ1v) is 8.59. The van der Waals surface area contributed by atoms with E-state index in [9.17, 15) is 4.79 Å². The highest BCUT2D eigenvalue weighted by Gasteiger charge is 2.30. The third-order valence-corrected chi connectivity index (χ3v) is 4.34. The molecule has 3 heterocycles. The van der Waals surface area contributed by atoms with Crippen LogP contribution in [0, 0.1) is 13.8 Å². The Morgan fingerprint density at radius 3 is 2.84 bits per heavy atom. The van der Waals surface area contributed by atoms with E-state index in [1.807, 2.05) is 36.9 Å². The van der Waals surface area contributed by atoms with Gasteiger partial charge in [0.15, 0.2) is 0 Å². The summed E-state index contributed by atoms with van der Waals surface area (Å²) in [5.74, 6) is 1.28. The Kier molecular flexibility index (Phi) is 5.11. The highest BCUT2D eigenvalue weighted by molar-refractivity contribution is 5.93. The third kappa shape index (κ3) is 4.04. The van der Waals surface area contributed by atoms with E-state index in [4.69, 9.17) is 0 Å². The van der Waals surface area contributed by atoms with E-state index < -0.39 is 0 Å². The van der Waals surface area contributed by atoms with Gasteiger partial charge in [-0.05, 0) is 44.9 Å². The zero-order chi connectivity index (χ0) is 17.8. The third-order valence-electron chi connectivity index (χ3n) is 4.34. The van der Waals surface area contributed by atoms with Crippen molar-refractivity contribution >= 4 is 17.7 Å². The van der Waals surface area contributed by atoms with Gasteiger partial charge >= 0.3 is 0 Å². The zero-order valence-corrected chi connectivity index (χ0v) is 14.9. The predicted octanol–water partition coefficient (Wildman–Crippen LogP) is 2.25. The largest absolute Gasteiger partial charge is 0.368 e. The summed E-state index contributed by atoms with van der Waals surface area (Å²) in [6.45, 7) is 5.27. The summed E-state index contributed by atoms with van der Waals surface area (Å²) in [4.78, 5) is 27.8. The number of hydrogen-bond donors (Lipinski definition) is 2. The number of aryl methyl sites for hydroxylation is 2. The van der Waals surface area contributed by atoms with E-state index in [0.717, 1.165) is 36.6 Å². The van der Waals surface area contributed by atoms with E-state index in [-0.39, 0.29) is 11.9 Å². The number of pyridine rings is 1. The molecule has 2 aromatic heterocycles. The molecule has 1 aliphatic heterocycles. The molecule has 1 unspecified atom stereocenters. The van der Waals surface area contributed by atoms with E-state index in [2.05, 4.69) is 25.6 Å². The van der Waals surface area contributed by atoms with Gasteiger partial charge in [-0.2, -0.15) is 0 Å². The topological polar surface area (TPSA) is 83.0 Å². The van der Waals surface area contributed by atoms with Crippen molar-refractivity contribution in [2.75, 3.05) is 30.8 Å². The van der Waals surface area contributed by atoms with Crippen molar-refractivity contribution in [2.45, 2.75) is 32.7 Å². The van der Waals surface area contributed by atoms with Gasteiger partial charge in [0.2, 0.25) is 5.95 Å². The monoisotopic (exact) mass is 340 g/mol. The Hall–Kier alpha value is -2.70. The SMILES string of the molecule is CNc1nc(C)cc(C(=O)N2CCCC2CNc2cccc(C)n2)n1. The minimum Gasteiger partial charge on any atom is -0.368 e. The maximum atomic E-state index is 12.9. The number of nitrogens with one attached hydrogen (secondary N) is 2. The van der Waals surface area contributed by atoms with Crippen LogP contribution in [-0.4, -0.2) is 51.9 Å². The van der Waals surface area contributed by atoms with Crippen LogP contribution in [0.4, 0.5) is 11.8 Å². The number of hydrogen-bond acceptors (Lipinski definition) is 6. The highest BCUT2D eigenvalue weighted by Crippen LogP contribution is 2.21. The molecule has 1 saturated heterocycles. The van der Waals surface area contributed by atoms with Crippen LogP contribution in [0.2, 0.25) is 0 Å². The second-order valence-corrected chi connectivity index (χ2v) is 6.31. The van der Waals surface area contributed by atoms with Gasteiger partial charge in [-0.25, -0.2) is 15.0 Å². The minimum absolute atomic E-state index is 0.0384. The number of nitrogens with zero attached hydrogens (tertiary/aromatic N) is 4. The molecular weight excluding hydrogens is 316 g/mol. The molecule has 1 atom stereocenters. The van der Waals surface area contributed by atoms with E-state index in [1.54, 1.807) is 13.1 Å². The van der Waals surface area contributed by atoms with Gasteiger partial charge in [0.1, 0.15) is 11.5 Å². The Balaban J connectivity index is 1.70.